The second-order valence-corrected chi connectivity index (χ2v) is 10.9. The van der Waals surface area contributed by atoms with E-state index in [0.29, 0.717) is 6.42 Å². The molecule has 0 bridgehead atoms. The third-order valence-electron chi connectivity index (χ3n) is 6.61. The Morgan fingerprint density at radius 3 is 2.22 bits per heavy atom. The van der Waals surface area contributed by atoms with Crippen LogP contribution in [0.3, 0.4) is 0 Å². The van der Waals surface area contributed by atoms with E-state index in [-0.39, 0.29) is 12.4 Å². The van der Waals surface area contributed by atoms with Gasteiger partial charge in [-0.05, 0) is 72.4 Å². The standard InChI is InChI=1S/C24H36BNO6/c1-21(2,3)30-20(28)26-18(19(27)29-8)15-16-10-9-11-17(14-16)24(12-13-24)25-31-22(4,5)23(6,7)32-25/h9-11,14,18H,12-13,15H2,1-8H3,(H,26,28)/t18-/m0/s1. The number of benzene rings is 1. The number of alkyl carbamates (subject to hydrolysis) is 1. The predicted octanol–water partition coefficient (Wildman–Crippen LogP) is 3.96. The highest BCUT2D eigenvalue weighted by Gasteiger charge is 2.65. The lowest BCUT2D eigenvalue weighted by Crippen LogP contribution is -2.45. The molecule has 1 aliphatic carbocycles. The molecule has 2 fully saturated rings. The second kappa shape index (κ2) is 8.38. The number of rotatable bonds is 6. The van der Waals surface area contributed by atoms with Crippen LogP contribution < -0.4 is 5.32 Å². The van der Waals surface area contributed by atoms with Crippen LogP contribution in [0.15, 0.2) is 24.3 Å². The van der Waals surface area contributed by atoms with Gasteiger partial charge in [0.1, 0.15) is 11.6 Å². The maximum absolute atomic E-state index is 12.3. The summed E-state index contributed by atoms with van der Waals surface area (Å²) in [7, 11) is 0.985. The highest BCUT2D eigenvalue weighted by Crippen LogP contribution is 2.55. The summed E-state index contributed by atoms with van der Waals surface area (Å²) in [4.78, 5) is 24.6. The Kier molecular flexibility index (Phi) is 6.44. The summed E-state index contributed by atoms with van der Waals surface area (Å²) in [5.74, 6) is -0.520. The van der Waals surface area contributed by atoms with Crippen LogP contribution in [-0.4, -0.2) is 49.1 Å². The number of carbonyl (C=O) groups is 2. The lowest BCUT2D eigenvalue weighted by Gasteiger charge is -2.32. The van der Waals surface area contributed by atoms with Crippen molar-refractivity contribution < 1.29 is 28.4 Å². The molecule has 1 aliphatic heterocycles. The van der Waals surface area contributed by atoms with E-state index in [4.69, 9.17) is 18.8 Å². The zero-order valence-electron chi connectivity index (χ0n) is 20.5. The van der Waals surface area contributed by atoms with E-state index in [1.165, 1.54) is 7.11 Å². The number of amides is 1. The largest absolute Gasteiger partial charge is 0.469 e. The third kappa shape index (κ3) is 5.12. The van der Waals surface area contributed by atoms with Gasteiger partial charge < -0.3 is 24.1 Å². The SMILES string of the molecule is COC(=O)[C@H](Cc1cccc(C2(B3OC(C)(C)C(C)(C)O3)CC2)c1)NC(=O)OC(C)(C)C. The van der Waals surface area contributed by atoms with Crippen molar-refractivity contribution in [1.82, 2.24) is 5.32 Å². The minimum absolute atomic E-state index is 0.194. The van der Waals surface area contributed by atoms with Gasteiger partial charge in [-0.25, -0.2) is 9.59 Å². The molecule has 0 aromatic heterocycles. The fourth-order valence-electron chi connectivity index (χ4n) is 3.89. The molecular formula is C24H36BNO6. The number of hydrogen-bond acceptors (Lipinski definition) is 6. The maximum Gasteiger partial charge on any atom is 0.469 e. The van der Waals surface area contributed by atoms with Crippen molar-refractivity contribution in [2.24, 2.45) is 0 Å². The van der Waals surface area contributed by atoms with Crippen molar-refractivity contribution in [3.05, 3.63) is 35.4 Å². The number of methoxy groups -OCH3 is 1. The molecule has 0 spiro atoms. The highest BCUT2D eigenvalue weighted by atomic mass is 16.7. The zero-order valence-corrected chi connectivity index (χ0v) is 20.5. The van der Waals surface area contributed by atoms with E-state index in [1.807, 2.05) is 12.1 Å². The molecule has 1 atom stereocenters. The summed E-state index contributed by atoms with van der Waals surface area (Å²) >= 11 is 0. The molecule has 0 radical (unpaired) electrons. The minimum atomic E-state index is -0.850. The number of nitrogens with one attached hydrogen (secondary N) is 1. The maximum atomic E-state index is 12.3. The fourth-order valence-corrected chi connectivity index (χ4v) is 3.89. The number of hydrogen-bond donors (Lipinski definition) is 1. The van der Waals surface area contributed by atoms with Crippen molar-refractivity contribution in [3.8, 4) is 0 Å². The van der Waals surface area contributed by atoms with E-state index in [9.17, 15) is 9.59 Å². The summed E-state index contributed by atoms with van der Waals surface area (Å²) in [6.07, 6.45) is 1.59. The van der Waals surface area contributed by atoms with E-state index < -0.39 is 34.9 Å². The number of esters is 1. The molecule has 1 saturated heterocycles. The molecule has 3 rings (SSSR count). The summed E-state index contributed by atoms with van der Waals surface area (Å²) in [5.41, 5.74) is 0.591. The van der Waals surface area contributed by atoms with Crippen LogP contribution in [-0.2, 0) is 35.3 Å². The second-order valence-electron chi connectivity index (χ2n) is 10.9. The van der Waals surface area contributed by atoms with Crippen LogP contribution >= 0.6 is 0 Å². The van der Waals surface area contributed by atoms with Gasteiger partial charge in [0.2, 0.25) is 0 Å². The van der Waals surface area contributed by atoms with E-state index in [1.54, 1.807) is 20.8 Å². The molecular weight excluding hydrogens is 409 g/mol. The van der Waals surface area contributed by atoms with Crippen LogP contribution in [0.25, 0.3) is 0 Å². The zero-order chi connectivity index (χ0) is 23.9. The van der Waals surface area contributed by atoms with Crippen LogP contribution in [0.2, 0.25) is 0 Å². The van der Waals surface area contributed by atoms with Gasteiger partial charge in [0.05, 0.1) is 18.3 Å². The first-order valence-corrected chi connectivity index (χ1v) is 11.2. The van der Waals surface area contributed by atoms with Gasteiger partial charge in [-0.3, -0.25) is 0 Å². The van der Waals surface area contributed by atoms with Gasteiger partial charge in [0, 0.05) is 11.7 Å². The van der Waals surface area contributed by atoms with Gasteiger partial charge in [-0.1, -0.05) is 24.3 Å². The monoisotopic (exact) mass is 445 g/mol. The van der Waals surface area contributed by atoms with Gasteiger partial charge in [-0.15, -0.1) is 0 Å². The summed E-state index contributed by atoms with van der Waals surface area (Å²) in [6.45, 7) is 13.5. The minimum Gasteiger partial charge on any atom is -0.467 e. The average Bonchev–Trinajstić information content (AvgIpc) is 3.42. The van der Waals surface area contributed by atoms with Crippen molar-refractivity contribution >= 4 is 19.2 Å². The number of ether oxygens (including phenoxy) is 2. The molecule has 1 aromatic carbocycles. The van der Waals surface area contributed by atoms with Crippen LogP contribution in [0.5, 0.6) is 0 Å². The van der Waals surface area contributed by atoms with Crippen LogP contribution in [0.1, 0.15) is 72.4 Å². The Bertz CT molecular complexity index is 855. The molecule has 1 heterocycles. The Labute approximate surface area is 191 Å². The van der Waals surface area contributed by atoms with E-state index in [2.05, 4.69) is 45.1 Å². The van der Waals surface area contributed by atoms with Crippen molar-refractivity contribution in [2.45, 2.75) is 95.9 Å². The van der Waals surface area contributed by atoms with Gasteiger partial charge >= 0.3 is 19.2 Å². The average molecular weight is 445 g/mol. The molecule has 0 unspecified atom stereocenters. The van der Waals surface area contributed by atoms with Gasteiger partial charge in [-0.2, -0.15) is 0 Å². The first kappa shape index (κ1) is 24.6. The van der Waals surface area contributed by atoms with Crippen molar-refractivity contribution in [1.29, 1.82) is 0 Å². The fraction of sp³-hybridized carbons (Fsp3) is 0.667. The van der Waals surface area contributed by atoms with Crippen LogP contribution in [0, 0.1) is 0 Å². The summed E-state index contributed by atoms with van der Waals surface area (Å²) in [5, 5.41) is 2.44. The lowest BCUT2D eigenvalue weighted by molar-refractivity contribution is -0.143. The molecule has 8 heteroatoms. The first-order chi connectivity index (χ1) is 14.7. The number of carbonyl (C=O) groups excluding carboxylic acids is 2. The Hall–Kier alpha value is -2.06. The quantitative estimate of drug-likeness (QED) is 0.527. The molecule has 1 aromatic rings. The van der Waals surface area contributed by atoms with E-state index in [0.717, 1.165) is 24.0 Å². The van der Waals surface area contributed by atoms with Gasteiger partial charge in [0.25, 0.3) is 0 Å². The first-order valence-electron chi connectivity index (χ1n) is 11.2. The smallest absolute Gasteiger partial charge is 0.467 e. The molecule has 1 saturated carbocycles. The topological polar surface area (TPSA) is 83.1 Å². The van der Waals surface area contributed by atoms with Crippen molar-refractivity contribution in [2.75, 3.05) is 7.11 Å². The Balaban J connectivity index is 1.77. The van der Waals surface area contributed by atoms with E-state index >= 15 is 0 Å². The Morgan fingerprint density at radius 2 is 1.72 bits per heavy atom. The highest BCUT2D eigenvalue weighted by molar-refractivity contribution is 6.51. The Morgan fingerprint density at radius 1 is 1.12 bits per heavy atom. The van der Waals surface area contributed by atoms with Crippen molar-refractivity contribution in [3.63, 3.8) is 0 Å². The molecule has 2 aliphatic rings. The van der Waals surface area contributed by atoms with Crippen LogP contribution in [0.4, 0.5) is 4.79 Å². The summed E-state index contributed by atoms with van der Waals surface area (Å²) < 4.78 is 22.9. The normalized spacial score (nSPS) is 21.6. The van der Waals surface area contributed by atoms with Gasteiger partial charge in [0.15, 0.2) is 0 Å². The molecule has 1 amide bonds. The predicted molar refractivity (Wildman–Crippen MR) is 122 cm³/mol. The third-order valence-corrected chi connectivity index (χ3v) is 6.61. The summed E-state index contributed by atoms with van der Waals surface area (Å²) in [6, 6.07) is 7.21. The molecule has 176 valence electrons. The molecule has 7 nitrogen and oxygen atoms in total. The lowest BCUT2D eigenvalue weighted by atomic mass is 9.64. The molecule has 32 heavy (non-hydrogen) atoms. The molecule has 1 N–H and O–H groups in total.